The average Bonchev–Trinajstić information content (AvgIpc) is 3.37. The molecule has 9 heteroatoms. The molecule has 2 aromatic carbocycles. The maximum absolute atomic E-state index is 12.5. The average molecular weight is 454 g/mol. The van der Waals surface area contributed by atoms with Crippen molar-refractivity contribution in [1.29, 1.82) is 0 Å². The Kier molecular flexibility index (Phi) is 6.62. The molecular formula is C24H26N2O7. The Morgan fingerprint density at radius 3 is 2.30 bits per heavy atom. The van der Waals surface area contributed by atoms with Crippen LogP contribution >= 0.6 is 0 Å². The van der Waals surface area contributed by atoms with Crippen LogP contribution in [0, 0.1) is 0 Å². The summed E-state index contributed by atoms with van der Waals surface area (Å²) in [5, 5.41) is 24.3. The highest BCUT2D eigenvalue weighted by Gasteiger charge is 2.34. The zero-order valence-electron chi connectivity index (χ0n) is 18.0. The highest BCUT2D eigenvalue weighted by molar-refractivity contribution is 5.89. The number of aliphatic hydroxyl groups is 1. The van der Waals surface area contributed by atoms with Crippen LogP contribution in [0.2, 0.25) is 0 Å². The van der Waals surface area contributed by atoms with Gasteiger partial charge in [-0.1, -0.05) is 48.5 Å². The van der Waals surface area contributed by atoms with Gasteiger partial charge in [-0.25, -0.2) is 4.79 Å². The van der Waals surface area contributed by atoms with Gasteiger partial charge >= 0.3 is 12.1 Å². The maximum Gasteiger partial charge on any atom is 0.407 e. The second kappa shape index (κ2) is 9.60. The number of carbonyl (C=O) groups is 3. The molecule has 0 spiro atoms. The number of aliphatic carboxylic acids is 1. The van der Waals surface area contributed by atoms with Crippen molar-refractivity contribution in [3.8, 4) is 11.1 Å². The van der Waals surface area contributed by atoms with E-state index in [0.29, 0.717) is 13.0 Å². The zero-order chi connectivity index (χ0) is 23.4. The molecule has 2 aliphatic rings. The number of amides is 2. The van der Waals surface area contributed by atoms with Crippen molar-refractivity contribution in [2.75, 3.05) is 26.4 Å². The topological polar surface area (TPSA) is 134 Å². The van der Waals surface area contributed by atoms with Crippen molar-refractivity contribution in [2.24, 2.45) is 0 Å². The SMILES string of the molecule is O=C(O)CC(NC(=O)OCC1c2ccccc2-c2ccccc21)C(=O)NCC1(O)CCOC1. The van der Waals surface area contributed by atoms with Crippen LogP contribution in [0.4, 0.5) is 4.79 Å². The quantitative estimate of drug-likeness (QED) is 0.476. The van der Waals surface area contributed by atoms with Crippen LogP contribution < -0.4 is 10.6 Å². The lowest BCUT2D eigenvalue weighted by atomic mass is 9.98. The molecule has 0 aromatic heterocycles. The zero-order valence-corrected chi connectivity index (χ0v) is 18.0. The Labute approximate surface area is 190 Å². The molecule has 9 nitrogen and oxygen atoms in total. The summed E-state index contributed by atoms with van der Waals surface area (Å²) < 4.78 is 10.5. The van der Waals surface area contributed by atoms with Crippen molar-refractivity contribution >= 4 is 18.0 Å². The smallest absolute Gasteiger partial charge is 0.407 e. The molecule has 0 radical (unpaired) electrons. The number of carboxylic acids is 1. The van der Waals surface area contributed by atoms with Gasteiger partial charge in [0.15, 0.2) is 0 Å². The molecule has 4 rings (SSSR count). The molecule has 4 N–H and O–H groups in total. The Balaban J connectivity index is 1.38. The van der Waals surface area contributed by atoms with E-state index in [1.165, 1.54) is 0 Å². The van der Waals surface area contributed by atoms with Crippen molar-refractivity contribution in [1.82, 2.24) is 10.6 Å². The summed E-state index contributed by atoms with van der Waals surface area (Å²) in [5.74, 6) is -2.13. The summed E-state index contributed by atoms with van der Waals surface area (Å²) in [5.41, 5.74) is 3.04. The number of nitrogens with one attached hydrogen (secondary N) is 2. The second-order valence-electron chi connectivity index (χ2n) is 8.37. The summed E-state index contributed by atoms with van der Waals surface area (Å²) in [6.07, 6.45) is -1.15. The molecule has 1 aliphatic heterocycles. The van der Waals surface area contributed by atoms with Crippen molar-refractivity contribution < 1.29 is 34.1 Å². The first kappa shape index (κ1) is 22.8. The molecule has 2 amide bonds. The molecule has 1 saturated heterocycles. The molecule has 0 bridgehead atoms. The third-order valence-electron chi connectivity index (χ3n) is 6.01. The molecule has 1 heterocycles. The molecule has 0 saturated carbocycles. The first-order valence-corrected chi connectivity index (χ1v) is 10.8. The number of fused-ring (bicyclic) bond motifs is 3. The predicted molar refractivity (Wildman–Crippen MR) is 118 cm³/mol. The van der Waals surface area contributed by atoms with Crippen LogP contribution in [-0.2, 0) is 19.1 Å². The highest BCUT2D eigenvalue weighted by Crippen LogP contribution is 2.44. The predicted octanol–water partition coefficient (Wildman–Crippen LogP) is 1.64. The molecular weight excluding hydrogens is 428 g/mol. The number of carboxylic acid groups (broad SMARTS) is 1. The Morgan fingerprint density at radius 1 is 1.09 bits per heavy atom. The molecule has 2 aromatic rings. The van der Waals surface area contributed by atoms with Gasteiger partial charge in [-0.2, -0.15) is 0 Å². The standard InChI is InChI=1S/C24H26N2O7/c27-21(28)11-20(22(29)25-13-24(31)9-10-32-14-24)26-23(30)33-12-19-17-7-3-1-5-15(17)16-6-2-4-8-18(16)19/h1-8,19-20,31H,9-14H2,(H,25,29)(H,26,30)(H,27,28). The van der Waals surface area contributed by atoms with Crippen LogP contribution in [0.1, 0.15) is 29.9 Å². The van der Waals surface area contributed by atoms with Crippen LogP contribution in [-0.4, -0.2) is 66.2 Å². The number of alkyl carbamates (subject to hydrolysis) is 1. The van der Waals surface area contributed by atoms with Crippen molar-refractivity contribution in [3.05, 3.63) is 59.7 Å². The number of hydrogen-bond acceptors (Lipinski definition) is 6. The minimum atomic E-state index is -1.34. The van der Waals surface area contributed by atoms with Gasteiger partial charge < -0.3 is 30.3 Å². The summed E-state index contributed by atoms with van der Waals surface area (Å²) in [6, 6.07) is 14.4. The van der Waals surface area contributed by atoms with Crippen LogP contribution in [0.5, 0.6) is 0 Å². The summed E-state index contributed by atoms with van der Waals surface area (Å²) in [6.45, 7) is 0.395. The minimum absolute atomic E-state index is 0.0400. The Hall–Kier alpha value is -3.43. The lowest BCUT2D eigenvalue weighted by molar-refractivity contribution is -0.140. The summed E-state index contributed by atoms with van der Waals surface area (Å²) >= 11 is 0. The van der Waals surface area contributed by atoms with Crippen LogP contribution in [0.3, 0.4) is 0 Å². The van der Waals surface area contributed by atoms with Crippen LogP contribution in [0.15, 0.2) is 48.5 Å². The third kappa shape index (κ3) is 5.15. The number of hydrogen-bond donors (Lipinski definition) is 4. The maximum atomic E-state index is 12.5. The van der Waals surface area contributed by atoms with E-state index in [1.54, 1.807) is 0 Å². The monoisotopic (exact) mass is 454 g/mol. The van der Waals surface area contributed by atoms with E-state index in [1.807, 2.05) is 48.5 Å². The van der Waals surface area contributed by atoms with E-state index in [4.69, 9.17) is 14.6 Å². The van der Waals surface area contributed by atoms with Gasteiger partial charge in [0.05, 0.1) is 13.0 Å². The Morgan fingerprint density at radius 2 is 1.73 bits per heavy atom. The summed E-state index contributed by atoms with van der Waals surface area (Å²) in [7, 11) is 0. The summed E-state index contributed by atoms with van der Waals surface area (Å²) in [4.78, 5) is 36.2. The third-order valence-corrected chi connectivity index (χ3v) is 6.01. The first-order valence-electron chi connectivity index (χ1n) is 10.8. The second-order valence-corrected chi connectivity index (χ2v) is 8.37. The molecule has 1 aliphatic carbocycles. The van der Waals surface area contributed by atoms with Gasteiger partial charge in [0.2, 0.25) is 5.91 Å². The lowest BCUT2D eigenvalue weighted by Gasteiger charge is -2.23. The number of benzene rings is 2. The minimum Gasteiger partial charge on any atom is -0.481 e. The first-order chi connectivity index (χ1) is 15.9. The van der Waals surface area contributed by atoms with Gasteiger partial charge in [-0.05, 0) is 22.3 Å². The van der Waals surface area contributed by atoms with Gasteiger partial charge in [0.1, 0.15) is 18.2 Å². The van der Waals surface area contributed by atoms with Gasteiger partial charge in [0.25, 0.3) is 0 Å². The fourth-order valence-electron chi connectivity index (χ4n) is 4.28. The van der Waals surface area contributed by atoms with Gasteiger partial charge in [0, 0.05) is 25.5 Å². The van der Waals surface area contributed by atoms with Gasteiger partial charge in [-0.15, -0.1) is 0 Å². The van der Waals surface area contributed by atoms with Crippen molar-refractivity contribution in [2.45, 2.75) is 30.4 Å². The van der Waals surface area contributed by atoms with E-state index in [-0.39, 0.29) is 25.7 Å². The highest BCUT2D eigenvalue weighted by atomic mass is 16.5. The van der Waals surface area contributed by atoms with E-state index >= 15 is 0 Å². The fourth-order valence-corrected chi connectivity index (χ4v) is 4.28. The molecule has 174 valence electrons. The fraction of sp³-hybridized carbons (Fsp3) is 0.375. The van der Waals surface area contributed by atoms with E-state index in [9.17, 15) is 19.5 Å². The molecule has 33 heavy (non-hydrogen) atoms. The lowest BCUT2D eigenvalue weighted by Crippen LogP contribution is -2.52. The number of carbonyl (C=O) groups excluding carboxylic acids is 2. The Bertz CT molecular complexity index is 1000. The van der Waals surface area contributed by atoms with Crippen molar-refractivity contribution in [3.63, 3.8) is 0 Å². The molecule has 2 atom stereocenters. The van der Waals surface area contributed by atoms with Crippen LogP contribution in [0.25, 0.3) is 11.1 Å². The van der Waals surface area contributed by atoms with Gasteiger partial charge in [-0.3, -0.25) is 9.59 Å². The van der Waals surface area contributed by atoms with E-state index in [0.717, 1.165) is 22.3 Å². The number of rotatable bonds is 8. The largest absolute Gasteiger partial charge is 0.481 e. The normalized spacial score (nSPS) is 19.9. The molecule has 2 unspecified atom stereocenters. The van der Waals surface area contributed by atoms with E-state index in [2.05, 4.69) is 10.6 Å². The van der Waals surface area contributed by atoms with E-state index < -0.39 is 36.0 Å². The molecule has 1 fully saturated rings. The number of ether oxygens (including phenoxy) is 2.